The number of nitrogens with two attached hydrogens (primary N) is 1. The molecule has 0 unspecified atom stereocenters. The molecule has 0 radical (unpaired) electrons. The Kier molecular flexibility index (Phi) is 4.17. The largest absolute Gasteiger partial charge is 0.384 e. The van der Waals surface area contributed by atoms with Crippen molar-refractivity contribution in [2.45, 2.75) is 33.2 Å². The van der Waals surface area contributed by atoms with Gasteiger partial charge in [0.25, 0.3) is 0 Å². The van der Waals surface area contributed by atoms with Crippen molar-refractivity contribution in [2.24, 2.45) is 5.73 Å². The monoisotopic (exact) mass is 274 g/mol. The Labute approximate surface area is 117 Å². The minimum atomic E-state index is -0.353. The van der Waals surface area contributed by atoms with Crippen LogP contribution in [0, 0.1) is 11.2 Å². The van der Waals surface area contributed by atoms with Crippen molar-refractivity contribution >= 4 is 5.84 Å². The predicted octanol–water partition coefficient (Wildman–Crippen LogP) is 2.48. The summed E-state index contributed by atoms with van der Waals surface area (Å²) in [4.78, 5) is 0. The number of nitrogens with one attached hydrogen (secondary N) is 1. The molecule has 2 aromatic rings. The normalized spacial score (nSPS) is 10.8. The molecule has 0 atom stereocenters. The number of amidine groups is 1. The van der Waals surface area contributed by atoms with E-state index in [4.69, 9.17) is 11.1 Å². The number of rotatable bonds is 5. The maximum absolute atomic E-state index is 14.0. The van der Waals surface area contributed by atoms with Crippen molar-refractivity contribution in [3.63, 3.8) is 0 Å². The van der Waals surface area contributed by atoms with Crippen LogP contribution in [0.25, 0.3) is 0 Å². The van der Waals surface area contributed by atoms with Crippen LogP contribution in [0.3, 0.4) is 0 Å². The van der Waals surface area contributed by atoms with E-state index in [-0.39, 0.29) is 11.7 Å². The van der Waals surface area contributed by atoms with E-state index in [9.17, 15) is 4.39 Å². The Bertz CT molecular complexity index is 631. The first-order valence-electron chi connectivity index (χ1n) is 6.73. The third-order valence-electron chi connectivity index (χ3n) is 3.32. The molecule has 3 N–H and O–H groups in total. The average molecular weight is 274 g/mol. The molecule has 0 aliphatic heterocycles. The summed E-state index contributed by atoms with van der Waals surface area (Å²) >= 11 is 0. The summed E-state index contributed by atoms with van der Waals surface area (Å²) in [6.07, 6.45) is 1.73. The van der Waals surface area contributed by atoms with Gasteiger partial charge in [-0.05, 0) is 25.0 Å². The van der Waals surface area contributed by atoms with E-state index in [1.54, 1.807) is 12.1 Å². The maximum Gasteiger partial charge on any atom is 0.129 e. The summed E-state index contributed by atoms with van der Waals surface area (Å²) in [5, 5.41) is 11.8. The molecule has 0 aliphatic rings. The van der Waals surface area contributed by atoms with Crippen LogP contribution in [0.15, 0.2) is 24.3 Å². The highest BCUT2D eigenvalue weighted by molar-refractivity contribution is 5.94. The summed E-state index contributed by atoms with van der Waals surface area (Å²) in [5.41, 5.74) is 8.41. The van der Waals surface area contributed by atoms with Crippen LogP contribution < -0.4 is 5.73 Å². The number of halogens is 1. The molecule has 0 amide bonds. The molecule has 20 heavy (non-hydrogen) atoms. The predicted molar refractivity (Wildman–Crippen MR) is 77.5 cm³/mol. The zero-order chi connectivity index (χ0) is 14.7. The highest BCUT2D eigenvalue weighted by Gasteiger charge is 2.10. The number of hydrogen-bond acceptors (Lipinski definition) is 2. The van der Waals surface area contributed by atoms with Crippen LogP contribution in [0.4, 0.5) is 4.39 Å². The SMILES string of the molecule is CCc1cc(CC)n(Cc2ccc(C(=N)N)cc2F)n1. The van der Waals surface area contributed by atoms with Crippen LogP contribution in [0.1, 0.15) is 36.4 Å². The van der Waals surface area contributed by atoms with Crippen LogP contribution in [-0.4, -0.2) is 15.6 Å². The highest BCUT2D eigenvalue weighted by Crippen LogP contribution is 2.14. The van der Waals surface area contributed by atoms with Gasteiger partial charge in [0.15, 0.2) is 0 Å². The second kappa shape index (κ2) is 5.86. The van der Waals surface area contributed by atoms with Crippen molar-refractivity contribution in [1.82, 2.24) is 9.78 Å². The van der Waals surface area contributed by atoms with Gasteiger partial charge in [-0.1, -0.05) is 26.0 Å². The molecule has 4 nitrogen and oxygen atoms in total. The smallest absolute Gasteiger partial charge is 0.129 e. The Balaban J connectivity index is 2.30. The molecule has 0 saturated heterocycles. The van der Waals surface area contributed by atoms with Crippen LogP contribution in [0.2, 0.25) is 0 Å². The Morgan fingerprint density at radius 1 is 1.30 bits per heavy atom. The minimum Gasteiger partial charge on any atom is -0.384 e. The van der Waals surface area contributed by atoms with Gasteiger partial charge < -0.3 is 5.73 Å². The fourth-order valence-electron chi connectivity index (χ4n) is 2.11. The van der Waals surface area contributed by atoms with Crippen LogP contribution in [0.5, 0.6) is 0 Å². The summed E-state index contributed by atoms with van der Waals surface area (Å²) in [7, 11) is 0. The van der Waals surface area contributed by atoms with Crippen molar-refractivity contribution < 1.29 is 4.39 Å². The van der Waals surface area contributed by atoms with Crippen LogP contribution in [-0.2, 0) is 19.4 Å². The van der Waals surface area contributed by atoms with Crippen molar-refractivity contribution in [1.29, 1.82) is 5.41 Å². The van der Waals surface area contributed by atoms with E-state index >= 15 is 0 Å². The van der Waals surface area contributed by atoms with Gasteiger partial charge in [0.2, 0.25) is 0 Å². The molecule has 0 saturated carbocycles. The quantitative estimate of drug-likeness (QED) is 0.649. The van der Waals surface area contributed by atoms with Gasteiger partial charge in [0, 0.05) is 16.8 Å². The van der Waals surface area contributed by atoms with Gasteiger partial charge in [-0.15, -0.1) is 0 Å². The Morgan fingerprint density at radius 2 is 2.05 bits per heavy atom. The standard InChI is InChI=1S/C15H19FN4/c1-3-12-8-13(4-2)20(19-12)9-11-6-5-10(15(17)18)7-14(11)16/h5-8H,3-4,9H2,1-2H3,(H3,17,18). The second-order valence-electron chi connectivity index (χ2n) is 4.71. The Morgan fingerprint density at radius 3 is 2.60 bits per heavy atom. The minimum absolute atomic E-state index is 0.128. The van der Waals surface area contributed by atoms with Gasteiger partial charge >= 0.3 is 0 Å². The van der Waals surface area contributed by atoms with E-state index in [1.165, 1.54) is 6.07 Å². The molecule has 0 bridgehead atoms. The van der Waals surface area contributed by atoms with Crippen molar-refractivity contribution in [2.75, 3.05) is 0 Å². The van der Waals surface area contributed by atoms with Gasteiger partial charge in [-0.25, -0.2) is 4.39 Å². The van der Waals surface area contributed by atoms with Crippen molar-refractivity contribution in [3.05, 3.63) is 52.6 Å². The Hall–Kier alpha value is -2.17. The zero-order valence-corrected chi connectivity index (χ0v) is 11.8. The summed E-state index contributed by atoms with van der Waals surface area (Å²) in [6, 6.07) is 6.69. The number of benzene rings is 1. The van der Waals surface area contributed by atoms with E-state index in [0.29, 0.717) is 17.7 Å². The van der Waals surface area contributed by atoms with Gasteiger partial charge in [-0.2, -0.15) is 5.10 Å². The third kappa shape index (κ3) is 2.87. The van der Waals surface area contributed by atoms with E-state index in [2.05, 4.69) is 18.1 Å². The molecule has 1 heterocycles. The molecular weight excluding hydrogens is 255 g/mol. The molecule has 0 spiro atoms. The summed E-state index contributed by atoms with van der Waals surface area (Å²) < 4.78 is 15.9. The number of aromatic nitrogens is 2. The first-order valence-corrected chi connectivity index (χ1v) is 6.73. The van der Waals surface area contributed by atoms with Crippen LogP contribution >= 0.6 is 0 Å². The van der Waals surface area contributed by atoms with Gasteiger partial charge in [0.05, 0.1) is 12.2 Å². The summed E-state index contributed by atoms with van der Waals surface area (Å²) in [6.45, 7) is 4.50. The highest BCUT2D eigenvalue weighted by atomic mass is 19.1. The molecule has 5 heteroatoms. The number of nitrogens with zero attached hydrogens (tertiary/aromatic N) is 2. The lowest BCUT2D eigenvalue weighted by Crippen LogP contribution is -2.13. The second-order valence-corrected chi connectivity index (χ2v) is 4.71. The zero-order valence-electron chi connectivity index (χ0n) is 11.8. The molecule has 1 aromatic carbocycles. The number of aryl methyl sites for hydroxylation is 2. The fourth-order valence-corrected chi connectivity index (χ4v) is 2.11. The lowest BCUT2D eigenvalue weighted by atomic mass is 10.1. The topological polar surface area (TPSA) is 67.7 Å². The first-order chi connectivity index (χ1) is 9.55. The maximum atomic E-state index is 14.0. The van der Waals surface area contributed by atoms with E-state index in [0.717, 1.165) is 24.2 Å². The number of nitrogen functional groups attached to an aromatic ring is 1. The van der Waals surface area contributed by atoms with Crippen molar-refractivity contribution in [3.8, 4) is 0 Å². The van der Waals surface area contributed by atoms with Gasteiger partial charge in [-0.3, -0.25) is 10.1 Å². The molecular formula is C15H19FN4. The number of hydrogen-bond donors (Lipinski definition) is 2. The molecule has 2 rings (SSSR count). The van der Waals surface area contributed by atoms with E-state index in [1.807, 2.05) is 11.6 Å². The lowest BCUT2D eigenvalue weighted by Gasteiger charge is -2.08. The lowest BCUT2D eigenvalue weighted by molar-refractivity contribution is 0.573. The molecule has 1 aromatic heterocycles. The molecule has 106 valence electrons. The summed E-state index contributed by atoms with van der Waals surface area (Å²) in [5.74, 6) is -0.481. The van der Waals surface area contributed by atoms with E-state index < -0.39 is 0 Å². The van der Waals surface area contributed by atoms with Gasteiger partial charge in [0.1, 0.15) is 11.7 Å². The fraction of sp³-hybridized carbons (Fsp3) is 0.333. The molecule has 0 aliphatic carbocycles. The average Bonchev–Trinajstić information content (AvgIpc) is 2.83. The molecule has 0 fully saturated rings. The third-order valence-corrected chi connectivity index (χ3v) is 3.32. The first kappa shape index (κ1) is 14.2.